The summed E-state index contributed by atoms with van der Waals surface area (Å²) in [5.41, 5.74) is -4.26. The van der Waals surface area contributed by atoms with Gasteiger partial charge in [0.1, 0.15) is 5.76 Å². The van der Waals surface area contributed by atoms with Gasteiger partial charge >= 0.3 is 24.7 Å². The average molecular weight is 1360 g/mol. The zero-order valence-electron chi connectivity index (χ0n) is 46.4. The van der Waals surface area contributed by atoms with Crippen molar-refractivity contribution in [3.05, 3.63) is 216 Å². The van der Waals surface area contributed by atoms with Crippen LogP contribution in [0.4, 0.5) is 52.7 Å². The Kier molecular flexibility index (Phi) is 16.5. The Morgan fingerprint density at radius 1 is 0.419 bits per heavy atom. The number of alkyl halides is 12. The van der Waals surface area contributed by atoms with E-state index in [9.17, 15) is 62.6 Å². The van der Waals surface area contributed by atoms with Crippen LogP contribution in [0.3, 0.4) is 0 Å². The molecule has 86 heavy (non-hydrogen) atoms. The number of pyridine rings is 2. The number of aliphatic hydroxyl groups is 1. The number of aromatic nitrogens is 2. The molecule has 1 radical (unpaired) electrons. The van der Waals surface area contributed by atoms with Crippen molar-refractivity contribution in [1.82, 2.24) is 9.97 Å². The average Bonchev–Trinajstić information content (AvgIpc) is 0.773. The largest absolute Gasteiger partial charge is 0.512 e. The maximum Gasteiger partial charge on any atom is 0.399 e. The van der Waals surface area contributed by atoms with Crippen molar-refractivity contribution in [2.45, 2.75) is 66.2 Å². The van der Waals surface area contributed by atoms with E-state index < -0.39 is 52.4 Å². The Balaban J connectivity index is 0.000000170. The predicted molar refractivity (Wildman–Crippen MR) is 310 cm³/mol. The van der Waals surface area contributed by atoms with Gasteiger partial charge in [0.25, 0.3) is 0 Å². The standard InChI is InChI=1S/2C29H14F6N.C11H20O2.Ir/c2*30-28(31,32)21-12-20(13-22(14-21)29(33,34)35)25-11-8-19(15-36-25)23-9-6-18-5-4-16-2-1-3-17-7-10-24(23)27(18)26(16)17;1-10(2,3)8(12)7-9(13)11(4,5)6;/h2*1-12,14-15H;7,12H,1-6H3;/q2*-1;;/b;;8-7-;. The molecule has 12 aromatic rings. The molecule has 0 bridgehead atoms. The van der Waals surface area contributed by atoms with Gasteiger partial charge in [0.05, 0.1) is 0 Å². The topological polar surface area (TPSA) is 63.1 Å². The number of hydrogen-bond donors (Lipinski definition) is 1. The van der Waals surface area contributed by atoms with Crippen LogP contribution in [0.15, 0.2) is 182 Å². The zero-order valence-corrected chi connectivity index (χ0v) is 48.8. The summed E-state index contributed by atoms with van der Waals surface area (Å²) in [5.74, 6) is 0.104. The minimum Gasteiger partial charge on any atom is -0.512 e. The summed E-state index contributed by atoms with van der Waals surface area (Å²) in [7, 11) is 0. The van der Waals surface area contributed by atoms with Crippen molar-refractivity contribution < 1.29 is 82.7 Å². The molecule has 1 N–H and O–H groups in total. The Morgan fingerprint density at radius 3 is 1.06 bits per heavy atom. The molecule has 0 saturated carbocycles. The van der Waals surface area contributed by atoms with Crippen molar-refractivity contribution in [3.63, 3.8) is 0 Å². The molecular formula is C69H48F12IrN2O2-2. The molecule has 0 saturated heterocycles. The van der Waals surface area contributed by atoms with Crippen molar-refractivity contribution in [1.29, 1.82) is 0 Å². The smallest absolute Gasteiger partial charge is 0.399 e. The third-order valence-corrected chi connectivity index (χ3v) is 14.5. The monoisotopic (exact) mass is 1360 g/mol. The van der Waals surface area contributed by atoms with Crippen LogP contribution in [-0.2, 0) is 49.6 Å². The molecule has 0 aliphatic carbocycles. The number of halogens is 12. The molecule has 0 aliphatic rings. The molecule has 0 spiro atoms. The molecule has 4 nitrogen and oxygen atoms in total. The molecule has 0 aliphatic heterocycles. The van der Waals surface area contributed by atoms with Gasteiger partial charge in [-0.1, -0.05) is 175 Å². The fourth-order valence-corrected chi connectivity index (χ4v) is 10.0. The molecule has 17 heteroatoms. The molecular weight excluding hydrogens is 1310 g/mol. The second-order valence-electron chi connectivity index (χ2n) is 22.6. The van der Waals surface area contributed by atoms with E-state index in [-0.39, 0.29) is 71.7 Å². The number of aliphatic hydroxyl groups excluding tert-OH is 1. The maximum atomic E-state index is 13.3. The molecule has 2 aromatic heterocycles. The van der Waals surface area contributed by atoms with E-state index in [0.29, 0.717) is 23.3 Å². The number of benzene rings is 10. The Labute approximate surface area is 498 Å². The van der Waals surface area contributed by atoms with E-state index in [1.165, 1.54) is 30.6 Å². The summed E-state index contributed by atoms with van der Waals surface area (Å²) in [5, 5.41) is 22.6. The minimum atomic E-state index is -4.97. The van der Waals surface area contributed by atoms with Gasteiger partial charge in [-0.15, -0.1) is 47.5 Å². The molecule has 10 aromatic carbocycles. The summed E-state index contributed by atoms with van der Waals surface area (Å²) in [6.07, 6.45) is -15.6. The fourth-order valence-electron chi connectivity index (χ4n) is 10.0. The van der Waals surface area contributed by atoms with Crippen molar-refractivity contribution in [2.75, 3.05) is 0 Å². The van der Waals surface area contributed by atoms with E-state index in [2.05, 4.69) is 34.2 Å². The summed E-state index contributed by atoms with van der Waals surface area (Å²) in [6, 6.07) is 48.0. The van der Waals surface area contributed by atoms with Crippen LogP contribution in [-0.4, -0.2) is 20.9 Å². The van der Waals surface area contributed by atoms with Crippen LogP contribution in [0.2, 0.25) is 0 Å². The van der Waals surface area contributed by atoms with E-state index in [1.54, 1.807) is 12.1 Å². The second kappa shape index (κ2) is 22.8. The summed E-state index contributed by atoms with van der Waals surface area (Å²) < 4.78 is 159. The number of carbonyl (C=O) groups is 1. The van der Waals surface area contributed by atoms with E-state index in [0.717, 1.165) is 75.8 Å². The first-order chi connectivity index (χ1) is 39.7. The Morgan fingerprint density at radius 2 is 0.756 bits per heavy atom. The number of hydrogen-bond acceptors (Lipinski definition) is 4. The first-order valence-electron chi connectivity index (χ1n) is 26.4. The molecule has 0 fully saturated rings. The second-order valence-corrected chi connectivity index (χ2v) is 22.6. The SMILES string of the molecule is CC(C)(C)C(=O)/C=C(\O)C(C)(C)C.FC(F)(F)c1[c-]c(-c2ccc(-c3ccc4ccc5cccc6ccc3c4c56)cn2)cc(C(F)(F)F)c1.FC(F)(F)c1[c-]c(-c2ccc(-c3ccc4ccc5cccc6ccc3c4c56)cn2)cc(C(F)(F)F)c1.[Ir]. The molecule has 0 atom stereocenters. The molecule has 0 unspecified atom stereocenters. The molecule has 2 heterocycles. The first kappa shape index (κ1) is 62.1. The van der Waals surface area contributed by atoms with Gasteiger partial charge in [-0.3, -0.25) is 4.79 Å². The minimum absolute atomic E-state index is 0. The van der Waals surface area contributed by atoms with E-state index >= 15 is 0 Å². The van der Waals surface area contributed by atoms with E-state index in [4.69, 9.17) is 0 Å². The molecule has 12 rings (SSSR count). The Hall–Kier alpha value is -8.40. The van der Waals surface area contributed by atoms with Crippen LogP contribution < -0.4 is 0 Å². The van der Waals surface area contributed by atoms with E-state index in [1.807, 2.05) is 139 Å². The van der Waals surface area contributed by atoms with Gasteiger partial charge in [0.2, 0.25) is 0 Å². The Bertz CT molecular complexity index is 4150. The normalized spacial score (nSPS) is 12.8. The number of carbonyl (C=O) groups excluding carboxylic acids is 1. The summed E-state index contributed by atoms with van der Waals surface area (Å²) >= 11 is 0. The van der Waals surface area contributed by atoms with Crippen LogP contribution in [0.1, 0.15) is 63.8 Å². The van der Waals surface area contributed by atoms with Crippen LogP contribution in [0, 0.1) is 23.0 Å². The number of allylic oxidation sites excluding steroid dienone is 2. The van der Waals surface area contributed by atoms with Crippen LogP contribution in [0.25, 0.3) is 109 Å². The van der Waals surface area contributed by atoms with Crippen molar-refractivity contribution >= 4 is 70.4 Å². The third kappa shape index (κ3) is 12.8. The van der Waals surface area contributed by atoms with Crippen molar-refractivity contribution in [3.8, 4) is 44.8 Å². The van der Waals surface area contributed by atoms with Gasteiger partial charge in [0.15, 0.2) is 5.78 Å². The summed E-state index contributed by atoms with van der Waals surface area (Å²) in [4.78, 5) is 19.9. The fraction of sp³-hybridized carbons (Fsp3) is 0.174. The molecule has 0 amide bonds. The number of nitrogens with zero attached hydrogens (tertiary/aromatic N) is 2. The van der Waals surface area contributed by atoms with Crippen LogP contribution in [0.5, 0.6) is 0 Å². The van der Waals surface area contributed by atoms with Gasteiger partial charge < -0.3 is 15.1 Å². The van der Waals surface area contributed by atoms with Gasteiger partial charge in [-0.2, -0.15) is 52.7 Å². The molecule has 441 valence electrons. The van der Waals surface area contributed by atoms with Gasteiger partial charge in [-0.05, 0) is 121 Å². The third-order valence-electron chi connectivity index (χ3n) is 14.5. The number of rotatable bonds is 5. The van der Waals surface area contributed by atoms with Crippen LogP contribution >= 0.6 is 0 Å². The number of ketones is 1. The maximum absolute atomic E-state index is 13.3. The quantitative estimate of drug-likeness (QED) is 0.0613. The summed E-state index contributed by atoms with van der Waals surface area (Å²) in [6.45, 7) is 11.1. The predicted octanol–water partition coefficient (Wildman–Crippen LogP) is 21.4. The van der Waals surface area contributed by atoms with Gasteiger partial charge in [-0.25, -0.2) is 0 Å². The zero-order chi connectivity index (χ0) is 61.3. The van der Waals surface area contributed by atoms with Gasteiger partial charge in [0, 0.05) is 49.4 Å². The van der Waals surface area contributed by atoms with Crippen molar-refractivity contribution in [2.24, 2.45) is 10.8 Å². The first-order valence-corrected chi connectivity index (χ1v) is 26.4.